The standard InChI is InChI=1S/C18H16BrN3O2/c19-13-5-3-6-14(11-13)21-17(23)9-4-10-22-12-20-16-8-2-1-7-15(16)18(22)24/h1-3,5-8,11-12H,4,9-10H2,(H,21,23). The first-order valence-corrected chi connectivity index (χ1v) is 8.42. The number of halogens is 1. The number of para-hydroxylation sites is 1. The van der Waals surface area contributed by atoms with E-state index in [9.17, 15) is 9.59 Å². The Balaban J connectivity index is 1.59. The van der Waals surface area contributed by atoms with Gasteiger partial charge in [0.05, 0.1) is 17.2 Å². The molecule has 0 aliphatic heterocycles. The highest BCUT2D eigenvalue weighted by Crippen LogP contribution is 2.16. The minimum atomic E-state index is -0.0759. The first-order valence-electron chi connectivity index (χ1n) is 7.63. The van der Waals surface area contributed by atoms with E-state index >= 15 is 0 Å². The molecular weight excluding hydrogens is 370 g/mol. The van der Waals surface area contributed by atoms with Crippen LogP contribution in [-0.2, 0) is 11.3 Å². The van der Waals surface area contributed by atoms with Crippen LogP contribution in [0, 0.1) is 0 Å². The molecule has 5 nitrogen and oxygen atoms in total. The van der Waals surface area contributed by atoms with Crippen LogP contribution < -0.4 is 10.9 Å². The maximum Gasteiger partial charge on any atom is 0.261 e. The van der Waals surface area contributed by atoms with Crippen molar-refractivity contribution in [3.8, 4) is 0 Å². The molecule has 6 heteroatoms. The molecule has 0 aliphatic carbocycles. The number of rotatable bonds is 5. The van der Waals surface area contributed by atoms with Gasteiger partial charge in [0.1, 0.15) is 0 Å². The average molecular weight is 386 g/mol. The van der Waals surface area contributed by atoms with Crippen LogP contribution in [0.1, 0.15) is 12.8 Å². The molecule has 0 aliphatic rings. The molecule has 1 aromatic heterocycles. The normalized spacial score (nSPS) is 10.7. The van der Waals surface area contributed by atoms with Gasteiger partial charge in [0, 0.05) is 23.1 Å². The van der Waals surface area contributed by atoms with Crippen molar-refractivity contribution in [2.45, 2.75) is 19.4 Å². The number of nitrogens with one attached hydrogen (secondary N) is 1. The Kier molecular flexibility index (Phi) is 5.05. The van der Waals surface area contributed by atoms with E-state index in [1.54, 1.807) is 10.6 Å². The van der Waals surface area contributed by atoms with E-state index < -0.39 is 0 Å². The van der Waals surface area contributed by atoms with Crippen LogP contribution in [0.2, 0.25) is 0 Å². The highest BCUT2D eigenvalue weighted by Gasteiger charge is 2.06. The van der Waals surface area contributed by atoms with Gasteiger partial charge in [-0.15, -0.1) is 0 Å². The molecular formula is C18H16BrN3O2. The van der Waals surface area contributed by atoms with Crippen LogP contribution in [0.25, 0.3) is 10.9 Å². The number of carbonyl (C=O) groups is 1. The fourth-order valence-electron chi connectivity index (χ4n) is 2.47. The number of aryl methyl sites for hydroxylation is 1. The molecule has 0 saturated carbocycles. The van der Waals surface area contributed by atoms with Crippen LogP contribution in [0.15, 0.2) is 64.1 Å². The summed E-state index contributed by atoms with van der Waals surface area (Å²) in [6, 6.07) is 14.7. The summed E-state index contributed by atoms with van der Waals surface area (Å²) in [5, 5.41) is 3.44. The van der Waals surface area contributed by atoms with Crippen molar-refractivity contribution in [2.75, 3.05) is 5.32 Å². The molecule has 1 heterocycles. The van der Waals surface area contributed by atoms with Crippen molar-refractivity contribution >= 4 is 38.4 Å². The molecule has 0 radical (unpaired) electrons. The smallest absolute Gasteiger partial charge is 0.261 e. The van der Waals surface area contributed by atoms with Gasteiger partial charge in [-0.2, -0.15) is 0 Å². The summed E-state index contributed by atoms with van der Waals surface area (Å²) in [5.41, 5.74) is 1.36. The molecule has 0 atom stereocenters. The van der Waals surface area contributed by atoms with Crippen molar-refractivity contribution in [3.05, 3.63) is 69.7 Å². The lowest BCUT2D eigenvalue weighted by atomic mass is 10.2. The number of aromatic nitrogens is 2. The Hall–Kier alpha value is -2.47. The lowest BCUT2D eigenvalue weighted by molar-refractivity contribution is -0.116. The van der Waals surface area contributed by atoms with Crippen LogP contribution in [0.5, 0.6) is 0 Å². The second kappa shape index (κ2) is 7.40. The molecule has 2 aromatic carbocycles. The molecule has 0 saturated heterocycles. The first kappa shape index (κ1) is 16.4. The number of fused-ring (bicyclic) bond motifs is 1. The Morgan fingerprint density at radius 1 is 1.17 bits per heavy atom. The summed E-state index contributed by atoms with van der Waals surface area (Å²) in [4.78, 5) is 28.6. The van der Waals surface area contributed by atoms with Gasteiger partial charge in [0.25, 0.3) is 5.56 Å². The van der Waals surface area contributed by atoms with Gasteiger partial charge in [-0.05, 0) is 36.8 Å². The third kappa shape index (κ3) is 3.89. The molecule has 3 aromatic rings. The zero-order chi connectivity index (χ0) is 16.9. The van der Waals surface area contributed by atoms with Crippen LogP contribution in [-0.4, -0.2) is 15.5 Å². The van der Waals surface area contributed by atoms with Crippen molar-refractivity contribution < 1.29 is 4.79 Å². The molecule has 0 fully saturated rings. The fourth-order valence-corrected chi connectivity index (χ4v) is 2.86. The molecule has 1 amide bonds. The molecule has 0 bridgehead atoms. The van der Waals surface area contributed by atoms with Crippen molar-refractivity contribution in [1.29, 1.82) is 0 Å². The van der Waals surface area contributed by atoms with Crippen LogP contribution in [0.4, 0.5) is 5.69 Å². The zero-order valence-corrected chi connectivity index (χ0v) is 14.5. The minimum Gasteiger partial charge on any atom is -0.326 e. The summed E-state index contributed by atoms with van der Waals surface area (Å²) in [6.45, 7) is 0.461. The molecule has 122 valence electrons. The van der Waals surface area contributed by atoms with Gasteiger partial charge in [-0.25, -0.2) is 4.98 Å². The van der Waals surface area contributed by atoms with Gasteiger partial charge >= 0.3 is 0 Å². The molecule has 1 N–H and O–H groups in total. The van der Waals surface area contributed by atoms with Crippen LogP contribution >= 0.6 is 15.9 Å². The summed E-state index contributed by atoms with van der Waals surface area (Å²) in [7, 11) is 0. The van der Waals surface area contributed by atoms with E-state index in [0.29, 0.717) is 30.3 Å². The van der Waals surface area contributed by atoms with E-state index in [0.717, 1.165) is 10.2 Å². The van der Waals surface area contributed by atoms with Gasteiger partial charge in [0.15, 0.2) is 0 Å². The third-order valence-electron chi connectivity index (χ3n) is 3.64. The second-order valence-corrected chi connectivity index (χ2v) is 6.34. The number of nitrogens with zero attached hydrogens (tertiary/aromatic N) is 2. The Labute approximate surface area is 147 Å². The Bertz CT molecular complexity index is 937. The molecule has 3 rings (SSSR count). The zero-order valence-electron chi connectivity index (χ0n) is 12.9. The van der Waals surface area contributed by atoms with E-state index in [4.69, 9.17) is 0 Å². The molecule has 24 heavy (non-hydrogen) atoms. The largest absolute Gasteiger partial charge is 0.326 e. The third-order valence-corrected chi connectivity index (χ3v) is 4.14. The lowest BCUT2D eigenvalue weighted by Gasteiger charge is -2.08. The number of hydrogen-bond acceptors (Lipinski definition) is 3. The predicted molar refractivity (Wildman–Crippen MR) is 98.0 cm³/mol. The van der Waals surface area contributed by atoms with E-state index in [1.165, 1.54) is 6.33 Å². The maximum atomic E-state index is 12.3. The van der Waals surface area contributed by atoms with E-state index in [2.05, 4.69) is 26.2 Å². The lowest BCUT2D eigenvalue weighted by Crippen LogP contribution is -2.21. The first-order chi connectivity index (χ1) is 11.6. The Morgan fingerprint density at radius 3 is 2.83 bits per heavy atom. The summed E-state index contributed by atoms with van der Waals surface area (Å²) >= 11 is 3.37. The topological polar surface area (TPSA) is 64.0 Å². The van der Waals surface area contributed by atoms with E-state index in [-0.39, 0.29) is 11.5 Å². The SMILES string of the molecule is O=C(CCCn1cnc2ccccc2c1=O)Nc1cccc(Br)c1. The van der Waals surface area contributed by atoms with Crippen LogP contribution in [0.3, 0.4) is 0 Å². The fraction of sp³-hybridized carbons (Fsp3) is 0.167. The number of benzene rings is 2. The maximum absolute atomic E-state index is 12.3. The quantitative estimate of drug-likeness (QED) is 0.729. The summed E-state index contributed by atoms with van der Waals surface area (Å²) < 4.78 is 2.46. The van der Waals surface area contributed by atoms with Gasteiger partial charge < -0.3 is 5.32 Å². The Morgan fingerprint density at radius 2 is 2.00 bits per heavy atom. The van der Waals surface area contributed by atoms with E-state index in [1.807, 2.05) is 42.5 Å². The van der Waals surface area contributed by atoms with Gasteiger partial charge in [-0.1, -0.05) is 34.1 Å². The predicted octanol–water partition coefficient (Wildman–Crippen LogP) is 3.58. The monoisotopic (exact) mass is 385 g/mol. The summed E-state index contributed by atoms with van der Waals surface area (Å²) in [6.07, 6.45) is 2.45. The number of amides is 1. The van der Waals surface area contributed by atoms with Crippen molar-refractivity contribution in [3.63, 3.8) is 0 Å². The van der Waals surface area contributed by atoms with Gasteiger partial charge in [0.2, 0.25) is 5.91 Å². The molecule has 0 spiro atoms. The second-order valence-electron chi connectivity index (χ2n) is 5.42. The number of hydrogen-bond donors (Lipinski definition) is 1. The summed E-state index contributed by atoms with van der Waals surface area (Å²) in [5.74, 6) is -0.0742. The van der Waals surface area contributed by atoms with Crippen molar-refractivity contribution in [1.82, 2.24) is 9.55 Å². The highest BCUT2D eigenvalue weighted by atomic mass is 79.9. The minimum absolute atomic E-state index is 0.0742. The highest BCUT2D eigenvalue weighted by molar-refractivity contribution is 9.10. The van der Waals surface area contributed by atoms with Crippen molar-refractivity contribution in [2.24, 2.45) is 0 Å². The number of anilines is 1. The average Bonchev–Trinajstić information content (AvgIpc) is 2.57. The van der Waals surface area contributed by atoms with Gasteiger partial charge in [-0.3, -0.25) is 14.2 Å². The number of carbonyl (C=O) groups excluding carboxylic acids is 1. The molecule has 0 unspecified atom stereocenters.